The number of fused-ring (bicyclic) bond motifs is 4. The second-order valence-corrected chi connectivity index (χ2v) is 8.28. The van der Waals surface area contributed by atoms with E-state index in [0.29, 0.717) is 12.1 Å². The lowest BCUT2D eigenvalue weighted by atomic mass is 10.0. The molecule has 4 atom stereocenters. The molecule has 0 amide bonds. The number of alkyl halides is 6. The van der Waals surface area contributed by atoms with Gasteiger partial charge in [-0.2, -0.15) is 26.3 Å². The van der Waals surface area contributed by atoms with Crippen molar-refractivity contribution in [3.05, 3.63) is 35.0 Å². The van der Waals surface area contributed by atoms with Crippen molar-refractivity contribution in [2.75, 3.05) is 0 Å². The molecule has 1 aromatic carbocycles. The quantitative estimate of drug-likeness (QED) is 0.598. The van der Waals surface area contributed by atoms with E-state index < -0.39 is 53.9 Å². The van der Waals surface area contributed by atoms with Gasteiger partial charge in [-0.1, -0.05) is 5.21 Å². The Balaban J connectivity index is 1.50. The average Bonchev–Trinajstić information content (AvgIpc) is 3.25. The van der Waals surface area contributed by atoms with Crippen LogP contribution in [0.25, 0.3) is 11.3 Å². The van der Waals surface area contributed by atoms with Crippen LogP contribution in [0.3, 0.4) is 0 Å². The first-order chi connectivity index (χ1) is 14.8. The van der Waals surface area contributed by atoms with Crippen molar-refractivity contribution in [3.63, 3.8) is 0 Å². The van der Waals surface area contributed by atoms with E-state index in [1.807, 2.05) is 0 Å². The minimum absolute atomic E-state index is 0.0692. The van der Waals surface area contributed by atoms with Gasteiger partial charge in [-0.15, -0.1) is 5.10 Å². The summed E-state index contributed by atoms with van der Waals surface area (Å²) in [6, 6.07) is 1.31. The molecule has 0 radical (unpaired) electrons. The van der Waals surface area contributed by atoms with E-state index in [2.05, 4.69) is 10.3 Å². The van der Waals surface area contributed by atoms with E-state index in [0.717, 1.165) is 0 Å². The Kier molecular flexibility index (Phi) is 4.65. The molecule has 1 aromatic heterocycles. The molecule has 2 aromatic rings. The standard InChI is InChI=1S/C19H17F6N3O4/c1-17(2)31-15-14-12(30-16(15)32-17)6-28-11(7-29-14)13(26-27-28)8-3-9(18(20,21)22)5-10(4-8)19(23,24)25/h3-5,12,14-16H,6-7H2,1-2H3/t12-,14+,15-,16-/m1/s1. The summed E-state index contributed by atoms with van der Waals surface area (Å²) < 4.78 is 104. The highest BCUT2D eigenvalue weighted by Gasteiger charge is 2.56. The lowest BCUT2D eigenvalue weighted by Gasteiger charge is -2.23. The number of nitrogens with zero attached hydrogens (tertiary/aromatic N) is 3. The van der Waals surface area contributed by atoms with Crippen LogP contribution in [0.2, 0.25) is 0 Å². The van der Waals surface area contributed by atoms with Crippen LogP contribution < -0.4 is 0 Å². The summed E-state index contributed by atoms with van der Waals surface area (Å²) in [7, 11) is 0. The van der Waals surface area contributed by atoms with Gasteiger partial charge in [0.15, 0.2) is 12.1 Å². The predicted molar refractivity (Wildman–Crippen MR) is 92.7 cm³/mol. The van der Waals surface area contributed by atoms with Crippen molar-refractivity contribution in [1.29, 1.82) is 0 Å². The molecule has 2 fully saturated rings. The molecule has 4 heterocycles. The van der Waals surface area contributed by atoms with Crippen LogP contribution in [0.5, 0.6) is 0 Å². The van der Waals surface area contributed by atoms with E-state index in [4.69, 9.17) is 18.9 Å². The van der Waals surface area contributed by atoms with Gasteiger partial charge in [0.1, 0.15) is 24.0 Å². The zero-order valence-electron chi connectivity index (χ0n) is 16.7. The zero-order valence-corrected chi connectivity index (χ0v) is 16.7. The molecular weight excluding hydrogens is 448 g/mol. The number of hydrogen-bond donors (Lipinski definition) is 0. The Labute approximate surface area is 177 Å². The molecular formula is C19H17F6N3O4. The zero-order chi connectivity index (χ0) is 23.1. The van der Waals surface area contributed by atoms with Crippen molar-refractivity contribution >= 4 is 0 Å². The van der Waals surface area contributed by atoms with Crippen molar-refractivity contribution in [1.82, 2.24) is 15.0 Å². The topological polar surface area (TPSA) is 67.6 Å². The van der Waals surface area contributed by atoms with Gasteiger partial charge in [0.05, 0.1) is 30.0 Å². The van der Waals surface area contributed by atoms with Gasteiger partial charge in [-0.05, 0) is 32.0 Å². The highest BCUT2D eigenvalue weighted by Crippen LogP contribution is 2.42. The first-order valence-corrected chi connectivity index (χ1v) is 9.67. The summed E-state index contributed by atoms with van der Waals surface area (Å²) in [5, 5.41) is 7.77. The molecule has 2 saturated heterocycles. The van der Waals surface area contributed by atoms with Crippen LogP contribution in [0.15, 0.2) is 18.2 Å². The van der Waals surface area contributed by atoms with Gasteiger partial charge in [0.2, 0.25) is 0 Å². The fraction of sp³-hybridized carbons (Fsp3) is 0.579. The third-order valence-electron chi connectivity index (χ3n) is 5.55. The largest absolute Gasteiger partial charge is 0.416 e. The molecule has 0 bridgehead atoms. The summed E-state index contributed by atoms with van der Waals surface area (Å²) >= 11 is 0. The Morgan fingerprint density at radius 3 is 2.25 bits per heavy atom. The predicted octanol–water partition coefficient (Wildman–Crippen LogP) is 3.76. The smallest absolute Gasteiger partial charge is 0.366 e. The fourth-order valence-electron chi connectivity index (χ4n) is 4.18. The fourth-order valence-corrected chi connectivity index (χ4v) is 4.18. The molecule has 0 spiro atoms. The van der Waals surface area contributed by atoms with Crippen LogP contribution in [0, 0.1) is 0 Å². The molecule has 3 aliphatic heterocycles. The number of ether oxygens (including phenoxy) is 4. The lowest BCUT2D eigenvalue weighted by molar-refractivity contribution is -0.219. The average molecular weight is 465 g/mol. The minimum atomic E-state index is -4.97. The number of hydrogen-bond acceptors (Lipinski definition) is 6. The van der Waals surface area contributed by atoms with Gasteiger partial charge < -0.3 is 18.9 Å². The minimum Gasteiger partial charge on any atom is -0.366 e. The van der Waals surface area contributed by atoms with Crippen molar-refractivity contribution < 1.29 is 45.3 Å². The van der Waals surface area contributed by atoms with Crippen LogP contribution in [-0.4, -0.2) is 45.4 Å². The highest BCUT2D eigenvalue weighted by molar-refractivity contribution is 5.64. The molecule has 32 heavy (non-hydrogen) atoms. The Hall–Kier alpha value is -2.22. The Bertz CT molecular complexity index is 1020. The monoisotopic (exact) mass is 465 g/mol. The van der Waals surface area contributed by atoms with E-state index in [1.54, 1.807) is 13.8 Å². The molecule has 7 nitrogen and oxygen atoms in total. The summed E-state index contributed by atoms with van der Waals surface area (Å²) in [6.07, 6.45) is -12.2. The number of aromatic nitrogens is 3. The van der Waals surface area contributed by atoms with Gasteiger partial charge in [-0.25, -0.2) is 4.68 Å². The number of rotatable bonds is 1. The second kappa shape index (κ2) is 6.89. The maximum atomic E-state index is 13.2. The first-order valence-electron chi connectivity index (χ1n) is 9.67. The summed E-state index contributed by atoms with van der Waals surface area (Å²) in [5.74, 6) is -0.873. The van der Waals surface area contributed by atoms with Crippen LogP contribution >= 0.6 is 0 Å². The molecule has 0 saturated carbocycles. The van der Waals surface area contributed by atoms with Crippen molar-refractivity contribution in [3.8, 4) is 11.3 Å². The number of halogens is 6. The van der Waals surface area contributed by atoms with E-state index in [9.17, 15) is 26.3 Å². The summed E-state index contributed by atoms with van der Waals surface area (Å²) in [4.78, 5) is 0. The lowest BCUT2D eigenvalue weighted by Crippen LogP contribution is -2.37. The molecule has 174 valence electrons. The second-order valence-electron chi connectivity index (χ2n) is 8.28. The Morgan fingerprint density at radius 1 is 0.969 bits per heavy atom. The first kappa shape index (κ1) is 21.6. The third-order valence-corrected chi connectivity index (χ3v) is 5.55. The third kappa shape index (κ3) is 3.66. The SMILES string of the molecule is CC1(C)O[C@H]2O[C@@H]3Cn4nnc(-c5cc(C(F)(F)F)cc(C(F)(F)F)c5)c4CO[C@@H]3[C@H]2O1. The van der Waals surface area contributed by atoms with E-state index >= 15 is 0 Å². The van der Waals surface area contributed by atoms with Gasteiger partial charge in [0.25, 0.3) is 0 Å². The molecule has 0 N–H and O–H groups in total. The van der Waals surface area contributed by atoms with Gasteiger partial charge in [-0.3, -0.25) is 0 Å². The molecule has 13 heteroatoms. The van der Waals surface area contributed by atoms with E-state index in [-0.39, 0.29) is 36.2 Å². The van der Waals surface area contributed by atoms with Crippen LogP contribution in [-0.2, 0) is 44.5 Å². The van der Waals surface area contributed by atoms with E-state index in [1.165, 1.54) is 4.68 Å². The summed E-state index contributed by atoms with van der Waals surface area (Å²) in [6.45, 7) is 3.41. The Morgan fingerprint density at radius 2 is 1.62 bits per heavy atom. The van der Waals surface area contributed by atoms with Crippen LogP contribution in [0.4, 0.5) is 26.3 Å². The van der Waals surface area contributed by atoms with Gasteiger partial charge >= 0.3 is 12.4 Å². The molecule has 0 unspecified atom stereocenters. The van der Waals surface area contributed by atoms with Crippen molar-refractivity contribution in [2.45, 2.75) is 69.7 Å². The van der Waals surface area contributed by atoms with Crippen molar-refractivity contribution in [2.24, 2.45) is 0 Å². The summed E-state index contributed by atoms with van der Waals surface area (Å²) in [5.41, 5.74) is -3.10. The molecule has 0 aliphatic carbocycles. The van der Waals surface area contributed by atoms with Crippen LogP contribution in [0.1, 0.15) is 30.7 Å². The number of benzene rings is 1. The maximum Gasteiger partial charge on any atom is 0.416 e. The molecule has 5 rings (SSSR count). The molecule has 3 aliphatic rings. The van der Waals surface area contributed by atoms with Gasteiger partial charge in [0, 0.05) is 5.56 Å². The normalized spacial score (nSPS) is 29.4. The highest BCUT2D eigenvalue weighted by atomic mass is 19.4. The maximum absolute atomic E-state index is 13.2.